The van der Waals surface area contributed by atoms with Crippen LogP contribution in [0.3, 0.4) is 0 Å². The predicted octanol–water partition coefficient (Wildman–Crippen LogP) is 3.89. The number of hydrogen-bond acceptors (Lipinski definition) is 6. The summed E-state index contributed by atoms with van der Waals surface area (Å²) in [4.78, 5) is 19.8. The first-order valence-corrected chi connectivity index (χ1v) is 10.7. The Morgan fingerprint density at radius 3 is 2.45 bits per heavy atom. The van der Waals surface area contributed by atoms with Gasteiger partial charge in [0, 0.05) is 16.7 Å². The first-order valence-electron chi connectivity index (χ1n) is 9.23. The molecule has 2 N–H and O–H groups in total. The number of aromatic nitrogens is 2. The molecule has 31 heavy (non-hydrogen) atoms. The number of aliphatic hydroxyl groups excluding tert-OH is 1. The summed E-state index contributed by atoms with van der Waals surface area (Å²) in [7, 11) is -3.97. The minimum Gasteiger partial charge on any atom is -0.506 e. The number of fused-ring (bicyclic) bond motifs is 3. The summed E-state index contributed by atoms with van der Waals surface area (Å²) in [6, 6.07) is 19.1. The van der Waals surface area contributed by atoms with E-state index in [0.717, 1.165) is 0 Å². The number of aromatic amines is 1. The van der Waals surface area contributed by atoms with Crippen molar-refractivity contribution >= 4 is 38.0 Å². The van der Waals surface area contributed by atoms with Gasteiger partial charge in [-0.3, -0.25) is 4.79 Å². The maximum absolute atomic E-state index is 13.1. The fourth-order valence-electron chi connectivity index (χ4n) is 3.67. The number of benzene rings is 3. The van der Waals surface area contributed by atoms with Crippen LogP contribution in [0.1, 0.15) is 27.3 Å². The SMILES string of the molecule is N#C/C(=C(/O)c1ccc2c(c1)S(=O)(=O)c1ccccc1C2=O)c1nc2ccccc2[nH]1. The molecule has 4 aromatic rings. The number of hydrogen-bond donors (Lipinski definition) is 2. The van der Waals surface area contributed by atoms with Crippen molar-refractivity contribution in [3.05, 3.63) is 89.2 Å². The van der Waals surface area contributed by atoms with Crippen LogP contribution >= 0.6 is 0 Å². The van der Waals surface area contributed by atoms with Crippen LogP contribution in [0.4, 0.5) is 0 Å². The topological polar surface area (TPSA) is 124 Å². The fourth-order valence-corrected chi connectivity index (χ4v) is 5.34. The standard InChI is InChI=1S/C23H13N3O4S/c24-12-16(23-25-17-6-2-3-7-18(17)26-23)21(27)13-9-10-15-20(11-13)31(29,30)19-8-4-1-5-14(19)22(15)28/h1-11,27H,(H,25,26)/b21-16-. The van der Waals surface area contributed by atoms with Gasteiger partial charge < -0.3 is 10.1 Å². The molecular formula is C23H13N3O4S. The Labute approximate surface area is 176 Å². The van der Waals surface area contributed by atoms with E-state index in [0.29, 0.717) is 11.0 Å². The van der Waals surface area contributed by atoms with E-state index in [-0.39, 0.29) is 37.9 Å². The molecule has 2 heterocycles. The van der Waals surface area contributed by atoms with E-state index in [9.17, 15) is 23.6 Å². The van der Waals surface area contributed by atoms with E-state index < -0.39 is 21.4 Å². The summed E-state index contributed by atoms with van der Waals surface area (Å²) in [6.07, 6.45) is 0. The monoisotopic (exact) mass is 427 g/mol. The second kappa shape index (κ2) is 6.65. The molecule has 8 heteroatoms. The van der Waals surface area contributed by atoms with Crippen LogP contribution in [0.5, 0.6) is 0 Å². The summed E-state index contributed by atoms with van der Waals surface area (Å²) >= 11 is 0. The molecule has 0 saturated heterocycles. The van der Waals surface area contributed by atoms with Crippen LogP contribution in [0.2, 0.25) is 0 Å². The molecule has 0 bridgehead atoms. The van der Waals surface area contributed by atoms with Gasteiger partial charge >= 0.3 is 0 Å². The molecule has 0 fully saturated rings. The predicted molar refractivity (Wildman–Crippen MR) is 113 cm³/mol. The van der Waals surface area contributed by atoms with E-state index in [2.05, 4.69) is 9.97 Å². The third kappa shape index (κ3) is 2.75. The van der Waals surface area contributed by atoms with Crippen molar-refractivity contribution < 1.29 is 18.3 Å². The van der Waals surface area contributed by atoms with Gasteiger partial charge in [-0.15, -0.1) is 0 Å². The number of nitrogens with zero attached hydrogens (tertiary/aromatic N) is 2. The first kappa shape index (κ1) is 18.8. The molecule has 1 aliphatic rings. The Morgan fingerprint density at radius 2 is 1.68 bits per heavy atom. The van der Waals surface area contributed by atoms with Crippen LogP contribution in [0.25, 0.3) is 22.4 Å². The molecular weight excluding hydrogens is 414 g/mol. The molecule has 0 radical (unpaired) electrons. The van der Waals surface area contributed by atoms with Crippen LogP contribution in [0.15, 0.2) is 76.5 Å². The smallest absolute Gasteiger partial charge is 0.208 e. The van der Waals surface area contributed by atoms with Crippen LogP contribution < -0.4 is 0 Å². The summed E-state index contributed by atoms with van der Waals surface area (Å²) in [5.74, 6) is -0.692. The lowest BCUT2D eigenvalue weighted by atomic mass is 10.00. The third-order valence-electron chi connectivity index (χ3n) is 5.19. The van der Waals surface area contributed by atoms with Gasteiger partial charge in [0.05, 0.1) is 20.8 Å². The number of carbonyl (C=O) groups is 1. The van der Waals surface area contributed by atoms with Crippen molar-refractivity contribution in [2.75, 3.05) is 0 Å². The number of nitriles is 1. The third-order valence-corrected chi connectivity index (χ3v) is 7.04. The lowest BCUT2D eigenvalue weighted by molar-refractivity contribution is 0.103. The number of H-pyrrole nitrogens is 1. The average molecular weight is 427 g/mol. The summed E-state index contributed by atoms with van der Waals surface area (Å²) in [6.45, 7) is 0. The quantitative estimate of drug-likeness (QED) is 0.325. The Kier molecular flexibility index (Phi) is 4.03. The summed E-state index contributed by atoms with van der Waals surface area (Å²) < 4.78 is 26.2. The van der Waals surface area contributed by atoms with Crippen molar-refractivity contribution in [2.45, 2.75) is 9.79 Å². The maximum Gasteiger partial charge on any atom is 0.208 e. The molecule has 150 valence electrons. The number of para-hydroxylation sites is 2. The highest BCUT2D eigenvalue weighted by molar-refractivity contribution is 7.91. The van der Waals surface area contributed by atoms with Gasteiger partial charge in [0.25, 0.3) is 0 Å². The van der Waals surface area contributed by atoms with Crippen LogP contribution in [-0.2, 0) is 9.84 Å². The summed E-state index contributed by atoms with van der Waals surface area (Å²) in [5, 5.41) is 20.5. The Bertz CT molecular complexity index is 1560. The molecule has 0 spiro atoms. The van der Waals surface area contributed by atoms with Crippen LogP contribution in [0, 0.1) is 11.3 Å². The fraction of sp³-hybridized carbons (Fsp3) is 0. The number of aliphatic hydroxyl groups is 1. The van der Waals surface area contributed by atoms with Gasteiger partial charge in [0.1, 0.15) is 17.4 Å². The van der Waals surface area contributed by atoms with Gasteiger partial charge in [-0.25, -0.2) is 13.4 Å². The van der Waals surface area contributed by atoms with Crippen molar-refractivity contribution in [2.24, 2.45) is 0 Å². The lowest BCUT2D eigenvalue weighted by Gasteiger charge is -2.19. The van der Waals surface area contributed by atoms with E-state index in [4.69, 9.17) is 0 Å². The Balaban J connectivity index is 1.69. The zero-order valence-corrected chi connectivity index (χ0v) is 16.6. The van der Waals surface area contributed by atoms with Crippen molar-refractivity contribution in [3.63, 3.8) is 0 Å². The number of nitrogens with one attached hydrogen (secondary N) is 1. The van der Waals surface area contributed by atoms with Crippen molar-refractivity contribution in [1.82, 2.24) is 9.97 Å². The molecule has 0 atom stereocenters. The Morgan fingerprint density at radius 1 is 0.968 bits per heavy atom. The largest absolute Gasteiger partial charge is 0.506 e. The number of allylic oxidation sites excluding steroid dienone is 1. The molecule has 0 amide bonds. The first-order chi connectivity index (χ1) is 14.9. The van der Waals surface area contributed by atoms with Gasteiger partial charge in [0.15, 0.2) is 11.6 Å². The zero-order valence-electron chi connectivity index (χ0n) is 15.8. The number of ketones is 1. The van der Waals surface area contributed by atoms with Gasteiger partial charge in [-0.1, -0.05) is 30.3 Å². The van der Waals surface area contributed by atoms with E-state index in [1.165, 1.54) is 30.3 Å². The van der Waals surface area contributed by atoms with Gasteiger partial charge in [-0.05, 0) is 36.4 Å². The highest BCUT2D eigenvalue weighted by Gasteiger charge is 2.35. The number of imidazole rings is 1. The second-order valence-electron chi connectivity index (χ2n) is 6.98. The molecule has 5 rings (SSSR count). The van der Waals surface area contributed by atoms with Crippen LogP contribution in [-0.4, -0.2) is 29.3 Å². The van der Waals surface area contributed by atoms with E-state index >= 15 is 0 Å². The summed E-state index contributed by atoms with van der Waals surface area (Å²) in [5.41, 5.74) is 1.39. The highest BCUT2D eigenvalue weighted by atomic mass is 32.2. The van der Waals surface area contributed by atoms with Gasteiger partial charge in [-0.2, -0.15) is 5.26 Å². The number of sulfone groups is 1. The molecule has 1 aromatic heterocycles. The normalized spacial score (nSPS) is 15.0. The number of carbonyl (C=O) groups excluding carboxylic acids is 1. The minimum absolute atomic E-state index is 0.0255. The van der Waals surface area contributed by atoms with E-state index in [1.54, 1.807) is 30.3 Å². The van der Waals surface area contributed by atoms with E-state index in [1.807, 2.05) is 12.1 Å². The maximum atomic E-state index is 13.1. The second-order valence-corrected chi connectivity index (χ2v) is 8.86. The number of rotatable bonds is 2. The average Bonchev–Trinajstić information content (AvgIpc) is 3.21. The molecule has 0 aliphatic carbocycles. The van der Waals surface area contributed by atoms with Crippen molar-refractivity contribution in [3.8, 4) is 6.07 Å². The van der Waals surface area contributed by atoms with Gasteiger partial charge in [0.2, 0.25) is 9.84 Å². The molecule has 0 saturated carbocycles. The highest BCUT2D eigenvalue weighted by Crippen LogP contribution is 2.36. The molecule has 0 unspecified atom stereocenters. The zero-order chi connectivity index (χ0) is 21.8. The molecule has 7 nitrogen and oxygen atoms in total. The molecule has 1 aliphatic heterocycles. The molecule has 3 aromatic carbocycles. The minimum atomic E-state index is -3.97. The Hall–Kier alpha value is -4.22. The lowest BCUT2D eigenvalue weighted by Crippen LogP contribution is -2.20. The van der Waals surface area contributed by atoms with Crippen molar-refractivity contribution in [1.29, 1.82) is 5.26 Å².